The van der Waals surface area contributed by atoms with Gasteiger partial charge in [-0.05, 0) is 18.9 Å². The first-order valence-electron chi connectivity index (χ1n) is 8.89. The van der Waals surface area contributed by atoms with E-state index in [0.29, 0.717) is 6.42 Å². The van der Waals surface area contributed by atoms with Gasteiger partial charge in [0.15, 0.2) is 5.84 Å². The number of hydrogen-bond acceptors (Lipinski definition) is 6. The Balaban J connectivity index is 1.67. The van der Waals surface area contributed by atoms with Crippen LogP contribution in [0.5, 0.6) is 0 Å². The SMILES string of the molecule is Cn1cc(C=N/C=C(\N)C(=O)NC2=NC(C3CC=C(F)C=C3F)CC=C2N)cn1. The first-order valence-corrected chi connectivity index (χ1v) is 8.89. The van der Waals surface area contributed by atoms with E-state index in [1.807, 2.05) is 0 Å². The number of carbonyl (C=O) groups is 1. The summed E-state index contributed by atoms with van der Waals surface area (Å²) in [5.74, 6) is -2.34. The number of aryl methyl sites for hydroxylation is 1. The second-order valence-corrected chi connectivity index (χ2v) is 6.66. The Labute approximate surface area is 166 Å². The van der Waals surface area contributed by atoms with E-state index in [1.165, 1.54) is 18.5 Å². The quantitative estimate of drug-likeness (QED) is 0.522. The fourth-order valence-corrected chi connectivity index (χ4v) is 2.94. The average molecular weight is 401 g/mol. The molecule has 8 nitrogen and oxygen atoms in total. The van der Waals surface area contributed by atoms with Gasteiger partial charge < -0.3 is 16.8 Å². The molecule has 0 saturated heterocycles. The van der Waals surface area contributed by atoms with Gasteiger partial charge in [-0.3, -0.25) is 19.5 Å². The number of nitrogens with two attached hydrogens (primary N) is 2. The second kappa shape index (κ2) is 8.63. The van der Waals surface area contributed by atoms with E-state index in [1.54, 1.807) is 30.2 Å². The van der Waals surface area contributed by atoms with Crippen LogP contribution in [0.1, 0.15) is 18.4 Å². The van der Waals surface area contributed by atoms with Crippen LogP contribution in [0.15, 0.2) is 69.9 Å². The van der Waals surface area contributed by atoms with Crippen molar-refractivity contribution < 1.29 is 13.6 Å². The summed E-state index contributed by atoms with van der Waals surface area (Å²) in [5.41, 5.74) is 12.5. The number of nitrogens with one attached hydrogen (secondary N) is 1. The van der Waals surface area contributed by atoms with E-state index in [9.17, 15) is 13.6 Å². The highest BCUT2D eigenvalue weighted by molar-refractivity contribution is 6.11. The summed E-state index contributed by atoms with van der Waals surface area (Å²) >= 11 is 0. The molecule has 2 unspecified atom stereocenters. The Morgan fingerprint density at radius 2 is 2.17 bits per heavy atom. The predicted octanol–water partition coefficient (Wildman–Crippen LogP) is 1.50. The summed E-state index contributed by atoms with van der Waals surface area (Å²) in [4.78, 5) is 20.6. The van der Waals surface area contributed by atoms with Crippen molar-refractivity contribution in [1.29, 1.82) is 0 Å². The van der Waals surface area contributed by atoms with Crippen molar-refractivity contribution in [2.45, 2.75) is 18.9 Å². The van der Waals surface area contributed by atoms with E-state index < -0.39 is 29.5 Å². The molecular weight excluding hydrogens is 380 g/mol. The van der Waals surface area contributed by atoms with Gasteiger partial charge in [0.05, 0.1) is 24.1 Å². The molecule has 2 atom stereocenters. The van der Waals surface area contributed by atoms with Gasteiger partial charge in [0.1, 0.15) is 17.4 Å². The fraction of sp³-hybridized carbons (Fsp3) is 0.263. The standard InChI is InChI=1S/C19H21F2N7O/c1-28-10-11(8-25-28)7-24-9-16(23)19(29)27-18-15(22)4-5-17(26-18)13-3-2-12(20)6-14(13)21/h2,4,6-10,13,17H,3,5,22-23H2,1H3,(H,26,27,29)/b16-9-,24-7?. The summed E-state index contributed by atoms with van der Waals surface area (Å²) in [6.45, 7) is 0. The lowest BCUT2D eigenvalue weighted by atomic mass is 9.88. The minimum absolute atomic E-state index is 0.0988. The van der Waals surface area contributed by atoms with E-state index in [-0.39, 0.29) is 23.7 Å². The minimum atomic E-state index is -0.644. The Morgan fingerprint density at radius 3 is 2.86 bits per heavy atom. The first kappa shape index (κ1) is 20.2. The Hall–Kier alpha value is -3.56. The van der Waals surface area contributed by atoms with E-state index in [2.05, 4.69) is 20.4 Å². The number of allylic oxidation sites excluding steroid dienone is 3. The normalized spacial score (nSPS) is 22.7. The monoisotopic (exact) mass is 401 g/mol. The molecule has 2 heterocycles. The van der Waals surface area contributed by atoms with Crippen molar-refractivity contribution in [3.63, 3.8) is 0 Å². The number of rotatable bonds is 4. The molecule has 29 heavy (non-hydrogen) atoms. The van der Waals surface area contributed by atoms with E-state index >= 15 is 0 Å². The van der Waals surface area contributed by atoms with Crippen molar-refractivity contribution in [2.24, 2.45) is 34.4 Å². The number of carbonyl (C=O) groups excluding carboxylic acids is 1. The highest BCUT2D eigenvalue weighted by atomic mass is 19.1. The molecule has 1 aromatic heterocycles. The molecule has 152 valence electrons. The van der Waals surface area contributed by atoms with Crippen LogP contribution in [0, 0.1) is 5.92 Å². The van der Waals surface area contributed by atoms with Gasteiger partial charge in [0, 0.05) is 37.0 Å². The number of aliphatic imine (C=N–C) groups is 2. The summed E-state index contributed by atoms with van der Waals surface area (Å²) in [6.07, 6.45) is 10.4. The molecule has 3 rings (SSSR count). The number of amides is 1. The third-order valence-corrected chi connectivity index (χ3v) is 4.47. The van der Waals surface area contributed by atoms with Gasteiger partial charge in [-0.2, -0.15) is 5.10 Å². The predicted molar refractivity (Wildman–Crippen MR) is 106 cm³/mol. The lowest BCUT2D eigenvalue weighted by molar-refractivity contribution is -0.116. The third-order valence-electron chi connectivity index (χ3n) is 4.47. The van der Waals surface area contributed by atoms with Crippen molar-refractivity contribution in [1.82, 2.24) is 15.1 Å². The number of amidine groups is 1. The van der Waals surface area contributed by atoms with Crippen LogP contribution in [0.25, 0.3) is 0 Å². The number of aromatic nitrogens is 2. The van der Waals surface area contributed by atoms with Crippen molar-refractivity contribution >= 4 is 18.0 Å². The zero-order valence-corrected chi connectivity index (χ0v) is 15.7. The lowest BCUT2D eigenvalue weighted by Gasteiger charge is -2.26. The number of dihydropyridines is 1. The molecule has 0 fully saturated rings. The largest absolute Gasteiger partial charge is 0.396 e. The van der Waals surface area contributed by atoms with Gasteiger partial charge in [0.25, 0.3) is 5.91 Å². The van der Waals surface area contributed by atoms with Crippen LogP contribution in [-0.4, -0.2) is 33.8 Å². The Kier molecular flexibility index (Phi) is 6.01. The van der Waals surface area contributed by atoms with Crippen LogP contribution in [0.3, 0.4) is 0 Å². The molecule has 1 aromatic rings. The maximum Gasteiger partial charge on any atom is 0.274 e. The fourth-order valence-electron chi connectivity index (χ4n) is 2.94. The molecule has 5 N–H and O–H groups in total. The Bertz CT molecular complexity index is 984. The van der Waals surface area contributed by atoms with Gasteiger partial charge in [-0.1, -0.05) is 6.08 Å². The minimum Gasteiger partial charge on any atom is -0.396 e. The maximum atomic E-state index is 14.1. The van der Waals surface area contributed by atoms with Gasteiger partial charge in [-0.15, -0.1) is 0 Å². The molecule has 0 aromatic carbocycles. The number of hydrogen-bond donors (Lipinski definition) is 3. The third kappa shape index (κ3) is 5.03. The first-order chi connectivity index (χ1) is 13.8. The number of nitrogens with zero attached hydrogens (tertiary/aromatic N) is 4. The van der Waals surface area contributed by atoms with Crippen LogP contribution >= 0.6 is 0 Å². The van der Waals surface area contributed by atoms with Gasteiger partial charge >= 0.3 is 0 Å². The van der Waals surface area contributed by atoms with Gasteiger partial charge in [-0.25, -0.2) is 8.78 Å². The highest BCUT2D eigenvalue weighted by Crippen LogP contribution is 2.32. The maximum absolute atomic E-state index is 14.1. The van der Waals surface area contributed by atoms with Crippen molar-refractivity contribution in [3.8, 4) is 0 Å². The highest BCUT2D eigenvalue weighted by Gasteiger charge is 2.29. The van der Waals surface area contributed by atoms with Crippen molar-refractivity contribution in [3.05, 3.63) is 65.4 Å². The summed E-state index contributed by atoms with van der Waals surface area (Å²) in [7, 11) is 1.77. The number of halogens is 2. The van der Waals surface area contributed by atoms with E-state index in [0.717, 1.165) is 11.6 Å². The molecule has 0 radical (unpaired) electrons. The van der Waals surface area contributed by atoms with Crippen LogP contribution < -0.4 is 16.8 Å². The average Bonchev–Trinajstić information content (AvgIpc) is 3.08. The van der Waals surface area contributed by atoms with Gasteiger partial charge in [0.2, 0.25) is 0 Å². The summed E-state index contributed by atoms with van der Waals surface area (Å²) in [5, 5.41) is 6.51. The van der Waals surface area contributed by atoms with Crippen molar-refractivity contribution in [2.75, 3.05) is 0 Å². The second-order valence-electron chi connectivity index (χ2n) is 6.66. The van der Waals surface area contributed by atoms with E-state index in [4.69, 9.17) is 11.5 Å². The topological polar surface area (TPSA) is 124 Å². The molecule has 1 amide bonds. The lowest BCUT2D eigenvalue weighted by Crippen LogP contribution is -2.40. The zero-order valence-electron chi connectivity index (χ0n) is 15.7. The summed E-state index contributed by atoms with van der Waals surface area (Å²) in [6, 6.07) is -0.507. The molecule has 0 saturated carbocycles. The smallest absolute Gasteiger partial charge is 0.274 e. The molecule has 1 aliphatic carbocycles. The van der Waals surface area contributed by atoms with Crippen LogP contribution in [0.4, 0.5) is 8.78 Å². The molecule has 0 bridgehead atoms. The van der Waals surface area contributed by atoms with Crippen LogP contribution in [-0.2, 0) is 11.8 Å². The molecular formula is C19H21F2N7O. The molecule has 10 heteroatoms. The molecule has 2 aliphatic rings. The molecule has 1 aliphatic heterocycles. The molecule has 0 spiro atoms. The Morgan fingerprint density at radius 1 is 1.38 bits per heavy atom. The zero-order chi connectivity index (χ0) is 21.0. The van der Waals surface area contributed by atoms with Crippen LogP contribution in [0.2, 0.25) is 0 Å². The summed E-state index contributed by atoms with van der Waals surface area (Å²) < 4.78 is 28.9.